The van der Waals surface area contributed by atoms with Gasteiger partial charge in [0.25, 0.3) is 0 Å². The van der Waals surface area contributed by atoms with Gasteiger partial charge in [-0.15, -0.1) is 44.0 Å². The van der Waals surface area contributed by atoms with Crippen molar-refractivity contribution in [1.29, 1.82) is 0 Å². The molecule has 12 nitrogen and oxygen atoms in total. The molecule has 3 rings (SSSR count). The number of halogens is 5. The van der Waals surface area contributed by atoms with E-state index in [9.17, 15) is 0 Å². The van der Waals surface area contributed by atoms with E-state index in [0.29, 0.717) is 119 Å². The van der Waals surface area contributed by atoms with Crippen molar-refractivity contribution in [3.05, 3.63) is 58.2 Å². The summed E-state index contributed by atoms with van der Waals surface area (Å²) in [5.74, 6) is 1.81. The Labute approximate surface area is 478 Å². The standard InChI is InChI=1S/C14H24O4S.C12H18Br2O4S.C9H20O4.C4H2BrS.2CH4.CH3.2BrH.2Mg/c1-4-15-5-6-16-7-8-17-9-10-18-14-11-12(2)19-13(14)3;1-2-15-3-4-16-5-6-17-7-8-18-10-9-11(13)19-12(10)14;1-3-11-6-7-13-9-8-12-5-4-10-2;5-4-2-1-3-6-4;;;;;;;/h11H,4-10H2,1-3H3;9H,2-8H2,1H3;3-9H2,1-2H3;1-2H;2*1H4;1H3;2*1H;;/q;;;-1;;;-1;;;2*+2/p-2. The third kappa shape index (κ3) is 56.8. The first-order valence-electron chi connectivity index (χ1n) is 18.9. The minimum absolute atomic E-state index is 0. The van der Waals surface area contributed by atoms with Crippen molar-refractivity contribution in [3.8, 4) is 11.5 Å². The van der Waals surface area contributed by atoms with E-state index in [1.165, 1.54) is 9.75 Å². The predicted octanol–water partition coefficient (Wildman–Crippen LogP) is 4.52. The first-order chi connectivity index (χ1) is 27.8. The molecule has 0 spiro atoms. The van der Waals surface area contributed by atoms with Gasteiger partial charge >= 0.3 is 46.1 Å². The van der Waals surface area contributed by atoms with Crippen LogP contribution in [0, 0.1) is 26.7 Å². The van der Waals surface area contributed by atoms with Gasteiger partial charge in [-0.1, -0.05) is 18.6 Å². The maximum Gasteiger partial charge on any atom is 2.00 e. The van der Waals surface area contributed by atoms with Crippen LogP contribution in [-0.4, -0.2) is 192 Å². The molecule has 0 fully saturated rings. The van der Waals surface area contributed by atoms with Crippen molar-refractivity contribution in [2.75, 3.05) is 146 Å². The normalized spacial score (nSPS) is 9.45. The van der Waals surface area contributed by atoms with Crippen LogP contribution in [0.15, 0.2) is 35.6 Å². The van der Waals surface area contributed by atoms with Gasteiger partial charge in [-0.25, -0.2) is 0 Å². The number of methoxy groups -OCH3 is 1. The van der Waals surface area contributed by atoms with Crippen molar-refractivity contribution < 1.29 is 90.8 Å². The van der Waals surface area contributed by atoms with Crippen LogP contribution in [0.5, 0.6) is 11.5 Å². The van der Waals surface area contributed by atoms with Crippen LogP contribution in [0.25, 0.3) is 0 Å². The Balaban J connectivity index is -0.000000110. The minimum Gasteiger partial charge on any atom is -1.00 e. The molecular formula is C42H75Br5Mg2O12S3. The Bertz CT molecular complexity index is 1180. The number of hydrogen-bond acceptors (Lipinski definition) is 15. The molecule has 0 unspecified atom stereocenters. The minimum atomic E-state index is 0. The average Bonchev–Trinajstić information content (AvgIpc) is 3.91. The Hall–Kier alpha value is 2.23. The fourth-order valence-corrected chi connectivity index (χ4v) is 8.03. The van der Waals surface area contributed by atoms with E-state index in [-0.39, 0.29) is 102 Å². The van der Waals surface area contributed by atoms with E-state index in [1.807, 2.05) is 39.0 Å². The van der Waals surface area contributed by atoms with E-state index in [4.69, 9.17) is 56.8 Å². The monoisotopic (exact) mass is 1310 g/mol. The van der Waals surface area contributed by atoms with Crippen LogP contribution < -0.4 is 43.4 Å². The maximum absolute atomic E-state index is 5.64. The Morgan fingerprint density at radius 2 is 0.859 bits per heavy atom. The summed E-state index contributed by atoms with van der Waals surface area (Å²) < 4.78 is 66.5. The van der Waals surface area contributed by atoms with E-state index in [0.717, 1.165) is 42.7 Å². The molecule has 64 heavy (non-hydrogen) atoms. The summed E-state index contributed by atoms with van der Waals surface area (Å²) in [6.45, 7) is 23.2. The van der Waals surface area contributed by atoms with Crippen molar-refractivity contribution in [2.45, 2.75) is 49.5 Å². The summed E-state index contributed by atoms with van der Waals surface area (Å²) in [6, 6.07) is 7.85. The Morgan fingerprint density at radius 1 is 0.500 bits per heavy atom. The number of ether oxygens (including phenoxy) is 12. The zero-order valence-electron chi connectivity index (χ0n) is 37.6. The number of thiophene rings is 3. The van der Waals surface area contributed by atoms with Gasteiger partial charge in [0, 0.05) is 42.8 Å². The third-order valence-electron chi connectivity index (χ3n) is 6.31. The fraction of sp³-hybridized carbons (Fsp3) is 0.690. The number of rotatable bonds is 32. The van der Waals surface area contributed by atoms with E-state index < -0.39 is 0 Å². The molecule has 3 heterocycles. The first kappa shape index (κ1) is 83.1. The summed E-state index contributed by atoms with van der Waals surface area (Å²) >= 11 is 15.0. The zero-order chi connectivity index (χ0) is 42.0. The summed E-state index contributed by atoms with van der Waals surface area (Å²) in [4.78, 5) is 2.49. The molecule has 0 saturated heterocycles. The second-order valence-electron chi connectivity index (χ2n) is 10.8. The molecule has 0 atom stereocenters. The molecule has 0 aromatic carbocycles. The second kappa shape index (κ2) is 65.2. The van der Waals surface area contributed by atoms with E-state index in [2.05, 4.69) is 73.1 Å². The van der Waals surface area contributed by atoms with Crippen LogP contribution >= 0.6 is 81.8 Å². The van der Waals surface area contributed by atoms with Crippen LogP contribution in [0.3, 0.4) is 0 Å². The molecule has 0 radical (unpaired) electrons. The maximum atomic E-state index is 5.64. The molecule has 22 heteroatoms. The summed E-state index contributed by atoms with van der Waals surface area (Å²) in [6.07, 6.45) is 0. The van der Waals surface area contributed by atoms with Crippen molar-refractivity contribution in [1.82, 2.24) is 0 Å². The van der Waals surface area contributed by atoms with Gasteiger partial charge in [-0.2, -0.15) is 12.1 Å². The molecule has 3 aromatic rings. The third-order valence-corrected chi connectivity index (χ3v) is 10.9. The SMILES string of the molecule is Brc1cc[c-]s1.C.C.CCOCCOCCOCCOC.CCOCCOCCOCCOc1cc(Br)sc1Br.CCOCCOCCOCCOc1cc(C)sc1C.[Br-].[Br-].[CH3-].[Mg+2].[Mg+2]. The van der Waals surface area contributed by atoms with Gasteiger partial charge in [0.15, 0.2) is 0 Å². The van der Waals surface area contributed by atoms with Gasteiger partial charge in [0.1, 0.15) is 28.5 Å². The van der Waals surface area contributed by atoms with Gasteiger partial charge in [-0.05, 0) is 72.5 Å². The molecule has 372 valence electrons. The van der Waals surface area contributed by atoms with E-state index in [1.54, 1.807) is 41.1 Å². The Kier molecular flexibility index (Phi) is 84.7. The smallest absolute Gasteiger partial charge is 1.00 e. The summed E-state index contributed by atoms with van der Waals surface area (Å²) in [5.41, 5.74) is 0. The fourth-order valence-electron chi connectivity index (χ4n) is 3.71. The van der Waals surface area contributed by atoms with E-state index >= 15 is 0 Å². The molecular weight excluding hydrogens is 1240 g/mol. The van der Waals surface area contributed by atoms with Crippen LogP contribution in [-0.2, 0) is 47.4 Å². The van der Waals surface area contributed by atoms with Gasteiger partial charge in [0.2, 0.25) is 0 Å². The van der Waals surface area contributed by atoms with Gasteiger partial charge < -0.3 is 98.2 Å². The zero-order valence-corrected chi connectivity index (χ0v) is 50.8. The molecule has 0 aliphatic heterocycles. The van der Waals surface area contributed by atoms with Crippen molar-refractivity contribution >= 4 is 128 Å². The largest absolute Gasteiger partial charge is 2.00 e. The second-order valence-corrected chi connectivity index (χ2v) is 18.2. The Morgan fingerprint density at radius 3 is 1.12 bits per heavy atom. The van der Waals surface area contributed by atoms with Gasteiger partial charge in [0.05, 0.1) is 109 Å². The molecule has 0 aliphatic carbocycles. The first-order valence-corrected chi connectivity index (χ1v) is 23.7. The molecule has 0 saturated carbocycles. The molecule has 0 aliphatic rings. The summed E-state index contributed by atoms with van der Waals surface area (Å²) in [7, 11) is 1.65. The van der Waals surface area contributed by atoms with Crippen LogP contribution in [0.1, 0.15) is 45.4 Å². The molecule has 3 aromatic heterocycles. The van der Waals surface area contributed by atoms with Crippen molar-refractivity contribution in [2.24, 2.45) is 0 Å². The van der Waals surface area contributed by atoms with Gasteiger partial charge in [-0.3, -0.25) is 11.3 Å². The molecule has 0 N–H and O–H groups in total. The van der Waals surface area contributed by atoms with Crippen LogP contribution in [0.4, 0.5) is 0 Å². The molecule has 0 amide bonds. The van der Waals surface area contributed by atoms with Crippen LogP contribution in [0.2, 0.25) is 0 Å². The summed E-state index contributed by atoms with van der Waals surface area (Å²) in [5, 5.41) is 2.92. The predicted molar refractivity (Wildman–Crippen MR) is 273 cm³/mol. The average molecular weight is 1320 g/mol. The number of hydrogen-bond donors (Lipinski definition) is 0. The van der Waals surface area contributed by atoms with Crippen molar-refractivity contribution in [3.63, 3.8) is 0 Å². The topological polar surface area (TPSA) is 111 Å². The quantitative estimate of drug-likeness (QED) is 0.0499. The molecule has 0 bridgehead atoms. The number of aryl methyl sites for hydroxylation is 2.